The zero-order chi connectivity index (χ0) is 20.7. The van der Waals surface area contributed by atoms with Crippen LogP contribution in [0.2, 0.25) is 10.0 Å². The summed E-state index contributed by atoms with van der Waals surface area (Å²) >= 11 is 14.0. The summed E-state index contributed by atoms with van der Waals surface area (Å²) in [5.74, 6) is 0.106. The first-order valence-corrected chi connectivity index (χ1v) is 10.4. The Hall–Kier alpha value is -2.15. The molecule has 0 amide bonds. The number of hydrogen-bond acceptors (Lipinski definition) is 5. The number of methoxy groups -OCH3 is 1. The largest absolute Gasteiger partial charge is 0.495 e. The lowest BCUT2D eigenvalue weighted by Gasteiger charge is -2.13. The molecule has 0 aliphatic heterocycles. The molecule has 0 unspecified atom stereocenters. The Balaban J connectivity index is 1.90. The number of hydrogen-bond donors (Lipinski definition) is 0. The molecule has 1 radical (unpaired) electrons. The molecule has 0 N–H and O–H groups in total. The molecule has 0 saturated heterocycles. The molecule has 0 aliphatic rings. The number of nitrogens with zero attached hydrogens (tertiary/aromatic N) is 2. The summed E-state index contributed by atoms with van der Waals surface area (Å²) in [7, 11) is 1.58. The molecule has 2 aromatic carbocycles. The predicted molar refractivity (Wildman–Crippen MR) is 117 cm³/mol. The summed E-state index contributed by atoms with van der Waals surface area (Å²) in [5.41, 5.74) is 1.84. The van der Waals surface area contributed by atoms with Gasteiger partial charge < -0.3 is 9.47 Å². The lowest BCUT2D eigenvalue weighted by atomic mass is 10.1. The number of rotatable bonds is 5. The highest BCUT2D eigenvalue weighted by atomic mass is 35.5. The van der Waals surface area contributed by atoms with E-state index in [0.717, 1.165) is 16.5 Å². The van der Waals surface area contributed by atoms with Crippen LogP contribution in [0.4, 0.5) is 4.39 Å². The van der Waals surface area contributed by atoms with E-state index in [-0.39, 0.29) is 16.9 Å². The van der Waals surface area contributed by atoms with Gasteiger partial charge in [-0.25, -0.2) is 9.37 Å². The second kappa shape index (κ2) is 7.94. The van der Waals surface area contributed by atoms with Crippen molar-refractivity contribution in [3.63, 3.8) is 0 Å². The van der Waals surface area contributed by atoms with Crippen LogP contribution in [0.3, 0.4) is 0 Å². The standard InChI is InChI=1S/C21H16Cl2FN2O2S/c1-4-10(2)28-15-8-16-20(17(23)18(15)24)26-21(29-16)14-7-12(22)5-11-6-13(27-3)9-25-19(11)14/h4-10H,1-3H3/t10-/m0/s1. The molecule has 4 aromatic rings. The van der Waals surface area contributed by atoms with Crippen molar-refractivity contribution < 1.29 is 13.9 Å². The van der Waals surface area contributed by atoms with Gasteiger partial charge in [0.25, 0.3) is 0 Å². The fourth-order valence-electron chi connectivity index (χ4n) is 2.92. The summed E-state index contributed by atoms with van der Waals surface area (Å²) in [6.07, 6.45) is 3.21. The highest BCUT2D eigenvalue weighted by Crippen LogP contribution is 2.41. The molecule has 29 heavy (non-hydrogen) atoms. The molecule has 4 rings (SSSR count). The Kier molecular flexibility index (Phi) is 5.51. The van der Waals surface area contributed by atoms with Gasteiger partial charge in [-0.05, 0) is 31.5 Å². The maximum absolute atomic E-state index is 14.7. The number of benzene rings is 2. The lowest BCUT2D eigenvalue weighted by Crippen LogP contribution is -2.11. The Morgan fingerprint density at radius 3 is 2.69 bits per heavy atom. The van der Waals surface area contributed by atoms with Crippen molar-refractivity contribution in [3.8, 4) is 22.1 Å². The number of thiazole rings is 1. The fraction of sp³-hybridized carbons (Fsp3) is 0.190. The molecule has 4 nitrogen and oxygen atoms in total. The van der Waals surface area contributed by atoms with Crippen molar-refractivity contribution in [2.75, 3.05) is 7.11 Å². The van der Waals surface area contributed by atoms with Crippen LogP contribution in [0.1, 0.15) is 13.8 Å². The normalized spacial score (nSPS) is 12.5. The maximum Gasteiger partial charge on any atom is 0.185 e. The van der Waals surface area contributed by atoms with Gasteiger partial charge in [-0.15, -0.1) is 11.3 Å². The zero-order valence-electron chi connectivity index (χ0n) is 15.8. The molecule has 8 heteroatoms. The third kappa shape index (κ3) is 3.72. The number of aromatic nitrogens is 2. The average Bonchev–Trinajstić information content (AvgIpc) is 3.14. The Labute approximate surface area is 181 Å². The van der Waals surface area contributed by atoms with Crippen molar-refractivity contribution in [1.82, 2.24) is 9.97 Å². The number of ether oxygens (including phenoxy) is 2. The van der Waals surface area contributed by atoms with E-state index in [4.69, 9.17) is 32.7 Å². The molecular formula is C21H16Cl2FN2O2S. The minimum absolute atomic E-state index is 0.0655. The fourth-order valence-corrected chi connectivity index (χ4v) is 4.46. The molecule has 2 heterocycles. The molecule has 149 valence electrons. The van der Waals surface area contributed by atoms with Crippen molar-refractivity contribution in [2.45, 2.75) is 20.0 Å². The first kappa shape index (κ1) is 20.1. The van der Waals surface area contributed by atoms with E-state index in [2.05, 4.69) is 9.97 Å². The third-order valence-corrected chi connectivity index (χ3v) is 6.10. The van der Waals surface area contributed by atoms with E-state index in [9.17, 15) is 4.39 Å². The van der Waals surface area contributed by atoms with E-state index < -0.39 is 5.82 Å². The smallest absolute Gasteiger partial charge is 0.185 e. The van der Waals surface area contributed by atoms with Gasteiger partial charge in [-0.2, -0.15) is 0 Å². The van der Waals surface area contributed by atoms with Crippen LogP contribution in [0, 0.1) is 12.2 Å². The van der Waals surface area contributed by atoms with E-state index in [1.54, 1.807) is 25.4 Å². The second-order valence-electron chi connectivity index (χ2n) is 6.42. The van der Waals surface area contributed by atoms with E-state index >= 15 is 0 Å². The summed E-state index contributed by atoms with van der Waals surface area (Å²) < 4.78 is 26.3. The van der Waals surface area contributed by atoms with Gasteiger partial charge in [-0.3, -0.25) is 4.98 Å². The minimum atomic E-state index is -0.622. The quantitative estimate of drug-likeness (QED) is 0.330. The zero-order valence-corrected chi connectivity index (χ0v) is 18.1. The molecule has 1 atom stereocenters. The topological polar surface area (TPSA) is 44.2 Å². The van der Waals surface area contributed by atoms with Gasteiger partial charge in [0, 0.05) is 22.0 Å². The van der Waals surface area contributed by atoms with E-state index in [0.29, 0.717) is 26.0 Å². The second-order valence-corrected chi connectivity index (χ2v) is 8.27. The minimum Gasteiger partial charge on any atom is -0.495 e. The SMILES string of the molecule is C[CH][C@H](C)Oc1cc2sc(-c3cc(Cl)cc4cc(OC)cnc34)nc2c(Cl)c1F. The molecule has 0 aliphatic carbocycles. The van der Waals surface area contributed by atoms with Crippen LogP contribution in [0.25, 0.3) is 31.7 Å². The maximum atomic E-state index is 14.7. The van der Waals surface area contributed by atoms with Gasteiger partial charge in [-0.1, -0.05) is 30.1 Å². The van der Waals surface area contributed by atoms with Crippen molar-refractivity contribution in [1.29, 1.82) is 0 Å². The van der Waals surface area contributed by atoms with Gasteiger partial charge >= 0.3 is 0 Å². The Morgan fingerprint density at radius 1 is 1.17 bits per heavy atom. The van der Waals surface area contributed by atoms with E-state index in [1.807, 2.05) is 32.4 Å². The summed E-state index contributed by atoms with van der Waals surface area (Å²) in [5, 5.41) is 1.93. The number of fused-ring (bicyclic) bond motifs is 2. The summed E-state index contributed by atoms with van der Waals surface area (Å²) in [6, 6.07) is 7.08. The van der Waals surface area contributed by atoms with Crippen LogP contribution in [-0.4, -0.2) is 23.2 Å². The molecule has 0 saturated carbocycles. The highest BCUT2D eigenvalue weighted by Gasteiger charge is 2.20. The summed E-state index contributed by atoms with van der Waals surface area (Å²) in [6.45, 7) is 3.67. The predicted octanol–water partition coefficient (Wildman–Crippen LogP) is 6.96. The number of pyridine rings is 1. The first-order chi connectivity index (χ1) is 13.9. The van der Waals surface area contributed by atoms with Gasteiger partial charge in [0.05, 0.1) is 29.6 Å². The molecule has 0 bridgehead atoms. The Bertz CT molecular complexity index is 1230. The molecular weight excluding hydrogens is 434 g/mol. The summed E-state index contributed by atoms with van der Waals surface area (Å²) in [4.78, 5) is 9.07. The van der Waals surface area contributed by atoms with Gasteiger partial charge in [0.15, 0.2) is 11.6 Å². The van der Waals surface area contributed by atoms with Crippen molar-refractivity contribution in [3.05, 3.63) is 52.7 Å². The van der Waals surface area contributed by atoms with Crippen molar-refractivity contribution >= 4 is 55.7 Å². The monoisotopic (exact) mass is 449 g/mol. The van der Waals surface area contributed by atoms with Crippen LogP contribution >= 0.6 is 34.5 Å². The molecule has 0 spiro atoms. The van der Waals surface area contributed by atoms with Crippen LogP contribution < -0.4 is 9.47 Å². The highest BCUT2D eigenvalue weighted by molar-refractivity contribution is 7.21. The van der Waals surface area contributed by atoms with Crippen LogP contribution in [-0.2, 0) is 0 Å². The van der Waals surface area contributed by atoms with Crippen LogP contribution in [0.5, 0.6) is 11.5 Å². The molecule has 0 fully saturated rings. The third-order valence-electron chi connectivity index (χ3n) is 4.50. The number of halogens is 3. The van der Waals surface area contributed by atoms with Crippen LogP contribution in [0.15, 0.2) is 30.5 Å². The Morgan fingerprint density at radius 2 is 1.97 bits per heavy atom. The lowest BCUT2D eigenvalue weighted by molar-refractivity contribution is 0.243. The average molecular weight is 450 g/mol. The first-order valence-electron chi connectivity index (χ1n) is 8.79. The molecule has 2 aromatic heterocycles. The van der Waals surface area contributed by atoms with Crippen molar-refractivity contribution in [2.24, 2.45) is 0 Å². The van der Waals surface area contributed by atoms with E-state index in [1.165, 1.54) is 11.3 Å². The van der Waals surface area contributed by atoms with Gasteiger partial charge in [0.2, 0.25) is 0 Å². The van der Waals surface area contributed by atoms with Gasteiger partial charge in [0.1, 0.15) is 21.3 Å².